The lowest BCUT2D eigenvalue weighted by atomic mass is 10.00. The van der Waals surface area contributed by atoms with E-state index < -0.39 is 10.0 Å². The van der Waals surface area contributed by atoms with Gasteiger partial charge in [-0.3, -0.25) is 9.48 Å². The van der Waals surface area contributed by atoms with Gasteiger partial charge in [0, 0.05) is 32.7 Å². The highest BCUT2D eigenvalue weighted by molar-refractivity contribution is 7.89. The molecule has 0 radical (unpaired) electrons. The zero-order chi connectivity index (χ0) is 21.1. The number of methoxy groups -OCH3 is 1. The van der Waals surface area contributed by atoms with Gasteiger partial charge < -0.3 is 9.64 Å². The van der Waals surface area contributed by atoms with Gasteiger partial charge in [-0.15, -0.1) is 5.10 Å². The Bertz CT molecular complexity index is 983. The van der Waals surface area contributed by atoms with Crippen molar-refractivity contribution in [3.8, 4) is 5.75 Å². The van der Waals surface area contributed by atoms with Crippen LogP contribution < -0.4 is 4.74 Å². The Morgan fingerprint density at radius 1 is 1.13 bits per heavy atom. The molecular weight excluding hydrogens is 406 g/mol. The zero-order valence-electron chi connectivity index (χ0n) is 17.1. The van der Waals surface area contributed by atoms with Crippen LogP contribution in [0.25, 0.3) is 0 Å². The third-order valence-electron chi connectivity index (χ3n) is 5.78. The van der Waals surface area contributed by atoms with Gasteiger partial charge in [0.1, 0.15) is 5.75 Å². The van der Waals surface area contributed by atoms with E-state index in [0.717, 1.165) is 38.8 Å². The van der Waals surface area contributed by atoms with Crippen molar-refractivity contribution in [2.45, 2.75) is 37.1 Å². The number of piperidine rings is 1. The molecular formula is C20H27N5O4S. The SMILES string of the molecule is COc1ccc(S(=O)(=O)N2CCCC(Cn3cc(C(=O)N4CCCC4)nn3)C2)cc1. The molecule has 2 aromatic rings. The number of ether oxygens (including phenoxy) is 1. The fraction of sp³-hybridized carbons (Fsp3) is 0.550. The molecule has 0 bridgehead atoms. The van der Waals surface area contributed by atoms with Gasteiger partial charge in [0.15, 0.2) is 5.69 Å². The zero-order valence-corrected chi connectivity index (χ0v) is 17.9. The largest absolute Gasteiger partial charge is 0.497 e. The second-order valence-corrected chi connectivity index (χ2v) is 9.81. The molecule has 30 heavy (non-hydrogen) atoms. The molecule has 0 aliphatic carbocycles. The highest BCUT2D eigenvalue weighted by Crippen LogP contribution is 2.26. The average molecular weight is 434 g/mol. The van der Waals surface area contributed by atoms with Gasteiger partial charge in [-0.2, -0.15) is 4.31 Å². The first-order chi connectivity index (χ1) is 14.5. The van der Waals surface area contributed by atoms with E-state index in [1.54, 1.807) is 47.2 Å². The fourth-order valence-electron chi connectivity index (χ4n) is 4.12. The number of likely N-dealkylation sites (tertiary alicyclic amines) is 1. The summed E-state index contributed by atoms with van der Waals surface area (Å²) in [6.07, 6.45) is 5.43. The van der Waals surface area contributed by atoms with E-state index in [0.29, 0.717) is 31.1 Å². The average Bonchev–Trinajstić information content (AvgIpc) is 3.46. The summed E-state index contributed by atoms with van der Waals surface area (Å²) in [6, 6.07) is 6.46. The number of carbonyl (C=O) groups is 1. The Morgan fingerprint density at radius 2 is 1.87 bits per heavy atom. The molecule has 1 unspecified atom stereocenters. The number of rotatable bonds is 6. The monoisotopic (exact) mass is 433 g/mol. The van der Waals surface area contributed by atoms with Crippen molar-refractivity contribution < 1.29 is 17.9 Å². The quantitative estimate of drug-likeness (QED) is 0.687. The van der Waals surface area contributed by atoms with Crippen molar-refractivity contribution in [3.05, 3.63) is 36.2 Å². The lowest BCUT2D eigenvalue weighted by molar-refractivity contribution is 0.0787. The van der Waals surface area contributed by atoms with Gasteiger partial charge in [0.05, 0.1) is 18.2 Å². The van der Waals surface area contributed by atoms with Crippen LogP contribution in [0.3, 0.4) is 0 Å². The molecule has 162 valence electrons. The van der Waals surface area contributed by atoms with Crippen molar-refractivity contribution in [2.24, 2.45) is 5.92 Å². The highest BCUT2D eigenvalue weighted by Gasteiger charge is 2.31. The first-order valence-electron chi connectivity index (χ1n) is 10.3. The Kier molecular flexibility index (Phi) is 6.05. The second kappa shape index (κ2) is 8.73. The fourth-order valence-corrected chi connectivity index (χ4v) is 5.68. The predicted molar refractivity (Wildman–Crippen MR) is 110 cm³/mol. The van der Waals surface area contributed by atoms with Crippen molar-refractivity contribution in [3.63, 3.8) is 0 Å². The van der Waals surface area contributed by atoms with Gasteiger partial charge >= 0.3 is 0 Å². The van der Waals surface area contributed by atoms with Crippen LogP contribution in [0.4, 0.5) is 0 Å². The van der Waals surface area contributed by atoms with Crippen molar-refractivity contribution in [1.29, 1.82) is 0 Å². The predicted octanol–water partition coefficient (Wildman–Crippen LogP) is 1.62. The van der Waals surface area contributed by atoms with Crippen molar-refractivity contribution >= 4 is 15.9 Å². The number of sulfonamides is 1. The molecule has 2 aliphatic rings. The van der Waals surface area contributed by atoms with Crippen LogP contribution in [0.2, 0.25) is 0 Å². The molecule has 0 spiro atoms. The maximum Gasteiger partial charge on any atom is 0.276 e. The van der Waals surface area contributed by atoms with E-state index >= 15 is 0 Å². The molecule has 1 aromatic carbocycles. The molecule has 1 aromatic heterocycles. The lowest BCUT2D eigenvalue weighted by Gasteiger charge is -2.31. The number of benzene rings is 1. The van der Waals surface area contributed by atoms with Crippen LogP contribution in [0.5, 0.6) is 5.75 Å². The van der Waals surface area contributed by atoms with E-state index in [9.17, 15) is 13.2 Å². The molecule has 2 aliphatic heterocycles. The minimum Gasteiger partial charge on any atom is -0.497 e. The highest BCUT2D eigenvalue weighted by atomic mass is 32.2. The summed E-state index contributed by atoms with van der Waals surface area (Å²) in [7, 11) is -2.01. The minimum absolute atomic E-state index is 0.0777. The number of nitrogens with zero attached hydrogens (tertiary/aromatic N) is 5. The van der Waals surface area contributed by atoms with Gasteiger partial charge in [0.25, 0.3) is 5.91 Å². The third kappa shape index (κ3) is 4.34. The molecule has 0 saturated carbocycles. The number of carbonyl (C=O) groups excluding carboxylic acids is 1. The van der Waals surface area contributed by atoms with Crippen molar-refractivity contribution in [1.82, 2.24) is 24.2 Å². The van der Waals surface area contributed by atoms with Crippen LogP contribution in [0, 0.1) is 5.92 Å². The molecule has 2 saturated heterocycles. The van der Waals surface area contributed by atoms with E-state index in [4.69, 9.17) is 4.74 Å². The van der Waals surface area contributed by atoms with Crippen molar-refractivity contribution in [2.75, 3.05) is 33.3 Å². The molecule has 4 rings (SSSR count). The third-order valence-corrected chi connectivity index (χ3v) is 7.65. The summed E-state index contributed by atoms with van der Waals surface area (Å²) in [5.74, 6) is 0.658. The number of aromatic nitrogens is 3. The minimum atomic E-state index is -3.56. The van der Waals surface area contributed by atoms with E-state index in [2.05, 4.69) is 10.3 Å². The first-order valence-corrected chi connectivity index (χ1v) is 11.7. The Morgan fingerprint density at radius 3 is 2.57 bits per heavy atom. The summed E-state index contributed by atoms with van der Waals surface area (Å²) >= 11 is 0. The van der Waals surface area contributed by atoms with Gasteiger partial charge in [-0.25, -0.2) is 8.42 Å². The van der Waals surface area contributed by atoms with Crippen LogP contribution in [-0.4, -0.2) is 71.8 Å². The number of hydrogen-bond donors (Lipinski definition) is 0. The Balaban J connectivity index is 1.41. The van der Waals surface area contributed by atoms with Crippen LogP contribution in [-0.2, 0) is 16.6 Å². The summed E-state index contributed by atoms with van der Waals surface area (Å²) in [4.78, 5) is 14.5. The molecule has 9 nitrogen and oxygen atoms in total. The maximum atomic E-state index is 13.0. The molecule has 10 heteroatoms. The van der Waals surface area contributed by atoms with Gasteiger partial charge in [0.2, 0.25) is 10.0 Å². The molecule has 2 fully saturated rings. The first kappa shape index (κ1) is 20.8. The summed E-state index contributed by atoms with van der Waals surface area (Å²) in [5.41, 5.74) is 0.357. The summed E-state index contributed by atoms with van der Waals surface area (Å²) in [5, 5.41) is 8.14. The Labute approximate surface area is 176 Å². The number of hydrogen-bond acceptors (Lipinski definition) is 6. The van der Waals surface area contributed by atoms with Gasteiger partial charge in [-0.1, -0.05) is 5.21 Å². The molecule has 0 N–H and O–H groups in total. The lowest BCUT2D eigenvalue weighted by Crippen LogP contribution is -2.41. The van der Waals surface area contributed by atoms with Crippen LogP contribution in [0.15, 0.2) is 35.4 Å². The van der Waals surface area contributed by atoms with E-state index in [-0.39, 0.29) is 16.7 Å². The number of amides is 1. The van der Waals surface area contributed by atoms with E-state index in [1.807, 2.05) is 0 Å². The normalized spacial score (nSPS) is 20.4. The second-order valence-electron chi connectivity index (χ2n) is 7.87. The van der Waals surface area contributed by atoms with Crippen LogP contribution in [0.1, 0.15) is 36.2 Å². The smallest absolute Gasteiger partial charge is 0.276 e. The maximum absolute atomic E-state index is 13.0. The molecule has 1 atom stereocenters. The topological polar surface area (TPSA) is 97.6 Å². The summed E-state index contributed by atoms with van der Waals surface area (Å²) < 4.78 is 34.4. The van der Waals surface area contributed by atoms with Gasteiger partial charge in [-0.05, 0) is 55.9 Å². The Hall–Kier alpha value is -2.46. The standard InChI is InChI=1S/C20H27N5O4S/c1-29-17-6-8-18(9-7-17)30(27,28)25-12-4-5-16(14-25)13-24-15-19(21-22-24)20(26)23-10-2-3-11-23/h6-9,15-16H,2-5,10-14H2,1H3. The van der Waals surface area contributed by atoms with E-state index in [1.165, 1.54) is 4.31 Å². The molecule has 3 heterocycles. The van der Waals surface area contributed by atoms with Crippen LogP contribution >= 0.6 is 0 Å². The summed E-state index contributed by atoms with van der Waals surface area (Å²) in [6.45, 7) is 3.00. The molecule has 1 amide bonds.